The van der Waals surface area contributed by atoms with Crippen LogP contribution in [-0.4, -0.2) is 11.0 Å². The van der Waals surface area contributed by atoms with Gasteiger partial charge in [0.2, 0.25) is 5.89 Å². The van der Waals surface area contributed by atoms with Crippen molar-refractivity contribution in [3.8, 4) is 0 Å². The van der Waals surface area contributed by atoms with Gasteiger partial charge in [0.1, 0.15) is 5.76 Å². The van der Waals surface area contributed by atoms with E-state index < -0.39 is 0 Å². The normalized spacial score (nSPS) is 20.7. The minimum absolute atomic E-state index is 0.0350. The SMILES string of the molecule is Cc1cnc(COC(=O)[C@@H]2C[C@H]2c2ccc(Br)cc2)o1. The molecular formula is C15H14BrNO3. The van der Waals surface area contributed by atoms with E-state index >= 15 is 0 Å². The zero-order valence-corrected chi connectivity index (χ0v) is 12.6. The number of esters is 1. The predicted octanol–water partition coefficient (Wildman–Crippen LogP) is 3.59. The zero-order chi connectivity index (χ0) is 14.1. The molecule has 1 heterocycles. The van der Waals surface area contributed by atoms with Crippen LogP contribution < -0.4 is 0 Å². The molecule has 104 valence electrons. The van der Waals surface area contributed by atoms with Gasteiger partial charge in [-0.25, -0.2) is 4.98 Å². The molecule has 2 aromatic rings. The molecule has 5 heteroatoms. The van der Waals surface area contributed by atoms with Gasteiger partial charge in [0, 0.05) is 4.47 Å². The van der Waals surface area contributed by atoms with E-state index in [0.717, 1.165) is 16.7 Å². The molecule has 4 nitrogen and oxygen atoms in total. The largest absolute Gasteiger partial charge is 0.455 e. The van der Waals surface area contributed by atoms with Crippen molar-refractivity contribution in [3.63, 3.8) is 0 Å². The second-order valence-electron chi connectivity index (χ2n) is 4.97. The Labute approximate surface area is 125 Å². The quantitative estimate of drug-likeness (QED) is 0.801. The number of aryl methyl sites for hydroxylation is 1. The maximum atomic E-state index is 11.9. The molecule has 0 amide bonds. The second-order valence-corrected chi connectivity index (χ2v) is 5.89. The summed E-state index contributed by atoms with van der Waals surface area (Å²) in [5.74, 6) is 1.23. The van der Waals surface area contributed by atoms with Crippen LogP contribution >= 0.6 is 15.9 Å². The van der Waals surface area contributed by atoms with Gasteiger partial charge >= 0.3 is 5.97 Å². The Kier molecular flexibility index (Phi) is 3.61. The molecule has 1 saturated carbocycles. The maximum absolute atomic E-state index is 11.9. The lowest BCUT2D eigenvalue weighted by molar-refractivity contribution is -0.147. The molecule has 0 saturated heterocycles. The average Bonchev–Trinajstić information content (AvgIpc) is 3.13. The Bertz CT molecular complexity index is 620. The van der Waals surface area contributed by atoms with Crippen molar-refractivity contribution >= 4 is 21.9 Å². The van der Waals surface area contributed by atoms with E-state index in [1.165, 1.54) is 5.56 Å². The van der Waals surface area contributed by atoms with Crippen molar-refractivity contribution in [1.29, 1.82) is 0 Å². The molecule has 3 rings (SSSR count). The van der Waals surface area contributed by atoms with Gasteiger partial charge in [0.05, 0.1) is 12.1 Å². The molecule has 2 atom stereocenters. The van der Waals surface area contributed by atoms with Crippen LogP contribution in [0.15, 0.2) is 39.4 Å². The Hall–Kier alpha value is -1.62. The Morgan fingerprint density at radius 2 is 2.20 bits per heavy atom. The van der Waals surface area contributed by atoms with Gasteiger partial charge in [-0.15, -0.1) is 0 Å². The lowest BCUT2D eigenvalue weighted by Crippen LogP contribution is -2.08. The average molecular weight is 336 g/mol. The van der Waals surface area contributed by atoms with Crippen molar-refractivity contribution in [2.75, 3.05) is 0 Å². The molecule has 1 aliphatic carbocycles. The highest BCUT2D eigenvalue weighted by molar-refractivity contribution is 9.10. The number of hydrogen-bond acceptors (Lipinski definition) is 4. The summed E-state index contributed by atoms with van der Waals surface area (Å²) in [4.78, 5) is 15.9. The molecule has 0 bridgehead atoms. The lowest BCUT2D eigenvalue weighted by Gasteiger charge is -2.02. The van der Waals surface area contributed by atoms with Crippen molar-refractivity contribution < 1.29 is 13.9 Å². The van der Waals surface area contributed by atoms with Gasteiger partial charge in [-0.3, -0.25) is 4.79 Å². The highest BCUT2D eigenvalue weighted by Gasteiger charge is 2.45. The van der Waals surface area contributed by atoms with Crippen LogP contribution in [0.1, 0.15) is 29.6 Å². The van der Waals surface area contributed by atoms with Crippen LogP contribution in [0.5, 0.6) is 0 Å². The third kappa shape index (κ3) is 2.93. The van der Waals surface area contributed by atoms with E-state index in [0.29, 0.717) is 5.89 Å². The molecule has 0 spiro atoms. The molecule has 0 N–H and O–H groups in total. The van der Waals surface area contributed by atoms with Crippen molar-refractivity contribution in [1.82, 2.24) is 4.98 Å². The van der Waals surface area contributed by atoms with E-state index in [1.54, 1.807) is 6.20 Å². The standard InChI is InChI=1S/C15H14BrNO3/c1-9-7-17-14(20-9)8-19-15(18)13-6-12(13)10-2-4-11(16)5-3-10/h2-5,7,12-13H,6,8H2,1H3/t12-,13+/m0/s1. The number of benzene rings is 1. The number of rotatable bonds is 4. The topological polar surface area (TPSA) is 52.3 Å². The Morgan fingerprint density at radius 3 is 2.85 bits per heavy atom. The summed E-state index contributed by atoms with van der Waals surface area (Å²) in [7, 11) is 0. The van der Waals surface area contributed by atoms with Gasteiger partial charge in [0.15, 0.2) is 6.61 Å². The number of nitrogens with zero attached hydrogens (tertiary/aromatic N) is 1. The van der Waals surface area contributed by atoms with E-state index in [2.05, 4.69) is 20.9 Å². The first-order valence-corrected chi connectivity index (χ1v) is 7.26. The summed E-state index contributed by atoms with van der Waals surface area (Å²) in [5, 5.41) is 0. The lowest BCUT2D eigenvalue weighted by atomic mass is 10.1. The fraction of sp³-hybridized carbons (Fsp3) is 0.333. The summed E-state index contributed by atoms with van der Waals surface area (Å²) >= 11 is 3.40. The molecule has 1 aromatic heterocycles. The van der Waals surface area contributed by atoms with Crippen molar-refractivity contribution in [2.24, 2.45) is 5.92 Å². The first-order chi connectivity index (χ1) is 9.63. The van der Waals surface area contributed by atoms with Crippen LogP contribution in [0.4, 0.5) is 0 Å². The number of oxazole rings is 1. The summed E-state index contributed by atoms with van der Waals surface area (Å²) in [6, 6.07) is 8.07. The van der Waals surface area contributed by atoms with Gasteiger partial charge < -0.3 is 9.15 Å². The smallest absolute Gasteiger partial charge is 0.310 e. The minimum atomic E-state index is -0.172. The number of carbonyl (C=O) groups excluding carboxylic acids is 1. The Balaban J connectivity index is 1.53. The first kappa shape index (κ1) is 13.4. The van der Waals surface area contributed by atoms with Crippen LogP contribution in [0, 0.1) is 12.8 Å². The molecule has 1 aromatic carbocycles. The maximum Gasteiger partial charge on any atom is 0.310 e. The summed E-state index contributed by atoms with van der Waals surface area (Å²) < 4.78 is 11.5. The minimum Gasteiger partial charge on any atom is -0.455 e. The number of hydrogen-bond donors (Lipinski definition) is 0. The first-order valence-electron chi connectivity index (χ1n) is 6.47. The third-order valence-electron chi connectivity index (χ3n) is 3.40. The summed E-state index contributed by atoms with van der Waals surface area (Å²) in [5.41, 5.74) is 1.18. The fourth-order valence-corrected chi connectivity index (χ4v) is 2.51. The molecule has 0 unspecified atom stereocenters. The van der Waals surface area contributed by atoms with Crippen LogP contribution in [0.3, 0.4) is 0 Å². The molecule has 0 radical (unpaired) electrons. The Morgan fingerprint density at radius 1 is 1.45 bits per heavy atom. The van der Waals surface area contributed by atoms with E-state index in [9.17, 15) is 4.79 Å². The van der Waals surface area contributed by atoms with Gasteiger partial charge in [-0.05, 0) is 37.0 Å². The number of carbonyl (C=O) groups is 1. The van der Waals surface area contributed by atoms with Crippen molar-refractivity contribution in [2.45, 2.75) is 25.9 Å². The van der Waals surface area contributed by atoms with Gasteiger partial charge in [-0.2, -0.15) is 0 Å². The molecule has 1 fully saturated rings. The monoisotopic (exact) mass is 335 g/mol. The van der Waals surface area contributed by atoms with Crippen LogP contribution in [-0.2, 0) is 16.1 Å². The van der Waals surface area contributed by atoms with Crippen molar-refractivity contribution in [3.05, 3.63) is 52.1 Å². The van der Waals surface area contributed by atoms with Gasteiger partial charge in [-0.1, -0.05) is 28.1 Å². The third-order valence-corrected chi connectivity index (χ3v) is 3.93. The number of aromatic nitrogens is 1. The highest BCUT2D eigenvalue weighted by atomic mass is 79.9. The predicted molar refractivity (Wildman–Crippen MR) is 76.0 cm³/mol. The van der Waals surface area contributed by atoms with Crippen LogP contribution in [0.25, 0.3) is 0 Å². The summed E-state index contributed by atoms with van der Waals surface area (Å²) in [6.45, 7) is 1.92. The zero-order valence-electron chi connectivity index (χ0n) is 11.0. The number of ether oxygens (including phenoxy) is 1. The van der Waals surface area contributed by atoms with Gasteiger partial charge in [0.25, 0.3) is 0 Å². The summed E-state index contributed by atoms with van der Waals surface area (Å²) in [6.07, 6.45) is 2.47. The fourth-order valence-electron chi connectivity index (χ4n) is 2.24. The van der Waals surface area contributed by atoms with E-state index in [4.69, 9.17) is 9.15 Å². The number of halogens is 1. The van der Waals surface area contributed by atoms with E-state index in [-0.39, 0.29) is 24.4 Å². The second kappa shape index (κ2) is 5.40. The highest BCUT2D eigenvalue weighted by Crippen LogP contribution is 2.48. The molecule has 20 heavy (non-hydrogen) atoms. The molecular weight excluding hydrogens is 322 g/mol. The molecule has 0 aliphatic heterocycles. The van der Waals surface area contributed by atoms with Crippen LogP contribution in [0.2, 0.25) is 0 Å². The molecule has 1 aliphatic rings. The van der Waals surface area contributed by atoms with E-state index in [1.807, 2.05) is 31.2 Å².